The molecule has 4 aliphatic rings. The number of amides is 3. The Morgan fingerprint density at radius 3 is 2.53 bits per heavy atom. The van der Waals surface area contributed by atoms with E-state index in [9.17, 15) is 24.0 Å². The first kappa shape index (κ1) is 33.4. The number of carboxylic acid groups (broad SMARTS) is 1. The number of fused-ring (bicyclic) bond motifs is 9. The lowest BCUT2D eigenvalue weighted by atomic mass is 9.68. The maximum Gasteiger partial charge on any atom is 0.305 e. The first-order valence-corrected chi connectivity index (χ1v) is 18.6. The van der Waals surface area contributed by atoms with Crippen molar-refractivity contribution in [2.45, 2.75) is 62.1 Å². The number of para-hydroxylation sites is 1. The molecule has 0 spiro atoms. The molecule has 3 aromatic rings. The van der Waals surface area contributed by atoms with E-state index in [0.717, 1.165) is 33.1 Å². The second kappa shape index (κ2) is 13.7. The Morgan fingerprint density at radius 1 is 1.00 bits per heavy atom. The van der Waals surface area contributed by atoms with Crippen LogP contribution in [0.4, 0.5) is 5.69 Å². The Balaban J connectivity index is 1.13. The average Bonchev–Trinajstić information content (AvgIpc) is 3.81. The summed E-state index contributed by atoms with van der Waals surface area (Å²) in [6.45, 7) is 4.28. The molecule has 2 aromatic carbocycles. The zero-order chi connectivity index (χ0) is 34.4. The molecule has 49 heavy (non-hydrogen) atoms. The molecule has 13 heteroatoms. The van der Waals surface area contributed by atoms with Gasteiger partial charge in [0.1, 0.15) is 0 Å². The highest BCUT2D eigenvalue weighted by Gasteiger charge is 2.69. The van der Waals surface area contributed by atoms with Crippen LogP contribution in [-0.4, -0.2) is 63.7 Å². The van der Waals surface area contributed by atoms with Gasteiger partial charge in [-0.15, -0.1) is 11.8 Å². The van der Waals surface area contributed by atoms with Gasteiger partial charge in [-0.1, -0.05) is 42.0 Å². The third-order valence-corrected chi connectivity index (χ3v) is 13.1. The number of aryl methyl sites for hydroxylation is 1. The van der Waals surface area contributed by atoms with Crippen LogP contribution >= 0.6 is 23.1 Å². The standard InChI is InChI=1S/C36H39N3O8S2/c1-3-46-24-15-19(12-13-23(24)47-17-25(40)37-22-10-7-6-9-18(22)2)27-28-20-16-21(31(28)48-33-32(27)49-36(45)38-33)30-29(20)34(43)39(35(30)44)14-8-4-5-11-26(41)42/h6-7,9-10,12-13,15,20-21,27-31H,3-5,8,11,14,16-17H2,1-2H3,(H,37,40)(H,38,45)(H,41,42)/t20?,21?,27-,28?,29?,30?,31?/m1/s1. The average molecular weight is 706 g/mol. The van der Waals surface area contributed by atoms with Crippen molar-refractivity contribution in [3.8, 4) is 11.5 Å². The molecular formula is C36H39N3O8S2. The topological polar surface area (TPSA) is 155 Å². The summed E-state index contributed by atoms with van der Waals surface area (Å²) in [4.78, 5) is 69.2. The number of unbranched alkanes of at least 4 members (excludes halogenated alkanes) is 2. The molecule has 2 aliphatic heterocycles. The van der Waals surface area contributed by atoms with Crippen molar-refractivity contribution in [1.29, 1.82) is 0 Å². The van der Waals surface area contributed by atoms with Crippen LogP contribution in [-0.2, 0) is 19.2 Å². The van der Waals surface area contributed by atoms with E-state index in [4.69, 9.17) is 14.6 Å². The van der Waals surface area contributed by atoms with Crippen molar-refractivity contribution in [3.05, 3.63) is 68.1 Å². The zero-order valence-electron chi connectivity index (χ0n) is 27.3. The van der Waals surface area contributed by atoms with E-state index >= 15 is 0 Å². The van der Waals surface area contributed by atoms with Crippen LogP contribution in [0.3, 0.4) is 0 Å². The van der Waals surface area contributed by atoms with E-state index in [1.165, 1.54) is 16.2 Å². The van der Waals surface area contributed by atoms with Crippen LogP contribution in [0.5, 0.6) is 11.5 Å². The van der Waals surface area contributed by atoms with Crippen LogP contribution in [0, 0.1) is 36.5 Å². The molecule has 7 atom stereocenters. The van der Waals surface area contributed by atoms with Crippen molar-refractivity contribution in [1.82, 2.24) is 9.88 Å². The number of ether oxygens (including phenoxy) is 2. The first-order valence-electron chi connectivity index (χ1n) is 16.9. The summed E-state index contributed by atoms with van der Waals surface area (Å²) in [5.74, 6) is -1.36. The number of thioether (sulfide) groups is 1. The van der Waals surface area contributed by atoms with Gasteiger partial charge in [0, 0.05) is 34.7 Å². The number of benzene rings is 2. The molecule has 3 fully saturated rings. The summed E-state index contributed by atoms with van der Waals surface area (Å²) in [6.07, 6.45) is 2.60. The summed E-state index contributed by atoms with van der Waals surface area (Å²) in [5, 5.41) is 12.7. The predicted octanol–water partition coefficient (Wildman–Crippen LogP) is 5.28. The number of hydrogen-bond acceptors (Lipinski definition) is 9. The van der Waals surface area contributed by atoms with E-state index in [2.05, 4.69) is 10.3 Å². The molecule has 1 aromatic heterocycles. The second-order valence-corrected chi connectivity index (χ2v) is 15.5. The van der Waals surface area contributed by atoms with Crippen LogP contribution in [0.25, 0.3) is 0 Å². The van der Waals surface area contributed by atoms with E-state index in [1.54, 1.807) is 17.8 Å². The Hall–Kier alpha value is -4.10. The number of hydrogen-bond donors (Lipinski definition) is 3. The lowest BCUT2D eigenvalue weighted by Crippen LogP contribution is -2.42. The van der Waals surface area contributed by atoms with Gasteiger partial charge in [-0.3, -0.25) is 28.9 Å². The fraction of sp³-hybridized carbons (Fsp3) is 0.472. The molecule has 3 N–H and O–H groups in total. The molecule has 6 unspecified atom stereocenters. The number of rotatable bonds is 13. The van der Waals surface area contributed by atoms with Gasteiger partial charge in [0.05, 0.1) is 23.5 Å². The Kier molecular flexibility index (Phi) is 9.31. The number of carboxylic acids is 1. The van der Waals surface area contributed by atoms with E-state index < -0.39 is 5.97 Å². The van der Waals surface area contributed by atoms with Crippen molar-refractivity contribution in [2.75, 3.05) is 25.1 Å². The zero-order valence-corrected chi connectivity index (χ0v) is 28.9. The minimum Gasteiger partial charge on any atom is -0.490 e. The number of aromatic nitrogens is 1. The molecule has 2 bridgehead atoms. The number of thiazole rings is 1. The largest absolute Gasteiger partial charge is 0.490 e. The smallest absolute Gasteiger partial charge is 0.305 e. The van der Waals surface area contributed by atoms with Crippen molar-refractivity contribution in [3.63, 3.8) is 0 Å². The van der Waals surface area contributed by atoms with Gasteiger partial charge < -0.3 is 24.9 Å². The minimum atomic E-state index is -0.846. The summed E-state index contributed by atoms with van der Waals surface area (Å²) < 4.78 is 12.0. The third kappa shape index (κ3) is 6.16. The van der Waals surface area contributed by atoms with Gasteiger partial charge in [0.25, 0.3) is 5.91 Å². The molecule has 1 saturated heterocycles. The lowest BCUT2D eigenvalue weighted by Gasteiger charge is -2.43. The molecular weight excluding hydrogens is 667 g/mol. The van der Waals surface area contributed by atoms with E-state index in [-0.39, 0.29) is 76.4 Å². The fourth-order valence-corrected chi connectivity index (χ4v) is 11.4. The highest BCUT2D eigenvalue weighted by molar-refractivity contribution is 8.00. The molecule has 3 amide bonds. The number of anilines is 1. The summed E-state index contributed by atoms with van der Waals surface area (Å²) in [7, 11) is 0. The second-order valence-electron chi connectivity index (χ2n) is 13.3. The number of imide groups is 1. The first-order chi connectivity index (χ1) is 23.7. The van der Waals surface area contributed by atoms with Crippen LogP contribution in [0.2, 0.25) is 0 Å². The monoisotopic (exact) mass is 705 g/mol. The van der Waals surface area contributed by atoms with Crippen LogP contribution < -0.4 is 19.7 Å². The minimum absolute atomic E-state index is 0.0123. The van der Waals surface area contributed by atoms with E-state index in [0.29, 0.717) is 43.9 Å². The van der Waals surface area contributed by atoms with Gasteiger partial charge in [0.2, 0.25) is 11.8 Å². The van der Waals surface area contributed by atoms with Crippen LogP contribution in [0.15, 0.2) is 52.3 Å². The number of likely N-dealkylation sites (tertiary alicyclic amines) is 1. The van der Waals surface area contributed by atoms with Crippen molar-refractivity contribution < 1.29 is 33.8 Å². The number of nitrogens with zero attached hydrogens (tertiary/aromatic N) is 1. The lowest BCUT2D eigenvalue weighted by molar-refractivity contribution is -0.141. The highest BCUT2D eigenvalue weighted by atomic mass is 32.2. The molecule has 2 aliphatic carbocycles. The summed E-state index contributed by atoms with van der Waals surface area (Å²) in [5.41, 5.74) is 2.60. The Morgan fingerprint density at radius 2 is 1.78 bits per heavy atom. The van der Waals surface area contributed by atoms with Gasteiger partial charge in [-0.25, -0.2) is 0 Å². The third-order valence-electron chi connectivity index (χ3n) is 10.5. The summed E-state index contributed by atoms with van der Waals surface area (Å²) in [6, 6.07) is 13.2. The molecule has 2 saturated carbocycles. The molecule has 3 heterocycles. The number of aromatic amines is 1. The van der Waals surface area contributed by atoms with Crippen molar-refractivity contribution in [2.24, 2.45) is 29.6 Å². The number of nitrogens with one attached hydrogen (secondary N) is 2. The molecule has 258 valence electrons. The quantitative estimate of drug-likeness (QED) is 0.159. The number of aliphatic carboxylic acids is 1. The SMILES string of the molecule is CCOc1cc([C@H]2c3sc(=O)[nH]c3SC3C4CC(C5C(=O)N(CCCCCC(=O)O)C(=O)C45)C32)ccc1OCC(=O)Nc1ccccc1C. The molecule has 0 radical (unpaired) electrons. The van der Waals surface area contributed by atoms with Crippen molar-refractivity contribution >= 4 is 52.5 Å². The van der Waals surface area contributed by atoms with Gasteiger partial charge in [-0.2, -0.15) is 0 Å². The predicted molar refractivity (Wildman–Crippen MR) is 184 cm³/mol. The highest BCUT2D eigenvalue weighted by Crippen LogP contribution is 2.68. The number of H-pyrrole nitrogens is 1. The van der Waals surface area contributed by atoms with E-state index in [1.807, 2.05) is 50.2 Å². The van der Waals surface area contributed by atoms with Gasteiger partial charge in [0.15, 0.2) is 18.1 Å². The maximum atomic E-state index is 13.9. The van der Waals surface area contributed by atoms with Gasteiger partial charge in [-0.05, 0) is 80.2 Å². The normalized spacial score (nSPS) is 26.3. The molecule has 11 nitrogen and oxygen atoms in total. The number of carbonyl (C=O) groups excluding carboxylic acids is 3. The fourth-order valence-electron chi connectivity index (χ4n) is 8.54. The summed E-state index contributed by atoms with van der Waals surface area (Å²) >= 11 is 2.83. The van der Waals surface area contributed by atoms with Crippen LogP contribution in [0.1, 0.15) is 60.9 Å². The molecule has 7 rings (SSSR count). The van der Waals surface area contributed by atoms with Gasteiger partial charge >= 0.3 is 10.8 Å². The Bertz CT molecular complexity index is 1860. The Labute approximate surface area is 291 Å². The number of carbonyl (C=O) groups is 4. The maximum absolute atomic E-state index is 13.9.